The van der Waals surface area contributed by atoms with Crippen LogP contribution in [0.2, 0.25) is 0 Å². The maximum absolute atomic E-state index is 13.7. The topological polar surface area (TPSA) is 334 Å². The number of allylic oxidation sites excluding steroid dienone is 8. The Kier molecular flexibility index (Phi) is 76.9. The van der Waals surface area contributed by atoms with E-state index in [0.717, 1.165) is 70.6 Å². The highest BCUT2D eigenvalue weighted by Crippen LogP contribution is 2.47. The van der Waals surface area contributed by atoms with Gasteiger partial charge in [-0.25, -0.2) is 0 Å². The van der Waals surface area contributed by atoms with Gasteiger partial charge in [0, 0.05) is 104 Å². The summed E-state index contributed by atoms with van der Waals surface area (Å²) >= 11 is 0. The van der Waals surface area contributed by atoms with Gasteiger partial charge < -0.3 is 94.6 Å². The third-order valence-electron chi connectivity index (χ3n) is 31.7. The van der Waals surface area contributed by atoms with Crippen molar-refractivity contribution < 1.29 is 90.5 Å². The van der Waals surface area contributed by atoms with E-state index in [9.17, 15) is 38.4 Å². The summed E-state index contributed by atoms with van der Waals surface area (Å²) in [7, 11) is 0. The molecule has 0 radical (unpaired) electrons. The van der Waals surface area contributed by atoms with Gasteiger partial charge in [-0.15, -0.1) is 0 Å². The minimum absolute atomic E-state index is 0.0811. The van der Waals surface area contributed by atoms with Gasteiger partial charge in [-0.3, -0.25) is 38.4 Å². The van der Waals surface area contributed by atoms with Gasteiger partial charge in [0.15, 0.2) is 0 Å². The summed E-state index contributed by atoms with van der Waals surface area (Å²) in [6.07, 6.45) is 50.3. The molecule has 5 unspecified atom stereocenters. The van der Waals surface area contributed by atoms with Gasteiger partial charge in [0.2, 0.25) is 47.3 Å². The molecule has 0 aromatic carbocycles. The van der Waals surface area contributed by atoms with E-state index < -0.39 is 12.1 Å². The van der Waals surface area contributed by atoms with Crippen molar-refractivity contribution in [3.63, 3.8) is 0 Å². The van der Waals surface area contributed by atoms with Crippen LogP contribution < -0.4 is 42.5 Å². The molecular weight excluding hydrogens is 1890 g/mol. The van der Waals surface area contributed by atoms with Crippen molar-refractivity contribution >= 4 is 47.3 Å². The highest BCUT2D eigenvalue weighted by atomic mass is 16.6. The van der Waals surface area contributed by atoms with Crippen LogP contribution in [0.5, 0.6) is 0 Å². The number of unbranched alkanes of at least 4 members (excludes halogenated alkanes) is 10. The smallest absolute Gasteiger partial charge is 0.242 e. The molecule has 7 atom stereocenters. The second-order valence-corrected chi connectivity index (χ2v) is 47.5. The molecule has 0 aliphatic heterocycles. The van der Waals surface area contributed by atoms with E-state index in [2.05, 4.69) is 160 Å². The molecule has 4 aliphatic rings. The lowest BCUT2D eigenvalue weighted by Crippen LogP contribution is -2.47. The highest BCUT2D eigenvalue weighted by Gasteiger charge is 2.33. The van der Waals surface area contributed by atoms with Crippen LogP contribution in [0.1, 0.15) is 445 Å². The Morgan fingerprint density at radius 1 is 0.227 bits per heavy atom. The zero-order chi connectivity index (χ0) is 110. The van der Waals surface area contributed by atoms with Gasteiger partial charge in [0.25, 0.3) is 0 Å². The van der Waals surface area contributed by atoms with Gasteiger partial charge in [0.05, 0.1) is 119 Å². The first kappa shape index (κ1) is 137. The summed E-state index contributed by atoms with van der Waals surface area (Å²) in [5.41, 5.74) is 14.5. The Hall–Kier alpha value is -5.72. The zero-order valence-corrected chi connectivity index (χ0v) is 98.7. The molecule has 8 N–H and O–H groups in total. The number of nitrogens with one attached hydrogen (secondary N) is 8. The maximum Gasteiger partial charge on any atom is 0.242 e. The molecule has 0 saturated carbocycles. The van der Waals surface area contributed by atoms with E-state index in [0.29, 0.717) is 294 Å². The first-order valence-corrected chi connectivity index (χ1v) is 60.4. The number of hydrogen-bond acceptors (Lipinski definition) is 19. The Bertz CT molecular complexity index is 3750. The Morgan fingerprint density at radius 2 is 0.473 bits per heavy atom. The summed E-state index contributed by atoms with van der Waals surface area (Å²) in [5.74, 6) is 1.64. The van der Waals surface area contributed by atoms with Crippen molar-refractivity contribution in [2.75, 3.05) is 185 Å². The third-order valence-corrected chi connectivity index (χ3v) is 31.7. The van der Waals surface area contributed by atoms with E-state index in [1.165, 1.54) is 167 Å². The molecule has 870 valence electrons. The van der Waals surface area contributed by atoms with Gasteiger partial charge in [-0.2, -0.15) is 0 Å². The fraction of sp³-hybridized carbons (Fsp3) is 0.870. The molecule has 0 aromatic heterocycles. The second kappa shape index (κ2) is 84.5. The molecule has 0 saturated heterocycles. The van der Waals surface area contributed by atoms with Crippen molar-refractivity contribution in [2.45, 2.75) is 457 Å². The summed E-state index contributed by atoms with van der Waals surface area (Å²) < 4.78 is 62.2. The molecule has 4 aliphatic carbocycles. The van der Waals surface area contributed by atoms with Crippen LogP contribution in [-0.4, -0.2) is 244 Å². The van der Waals surface area contributed by atoms with E-state index in [1.807, 2.05) is 0 Å². The van der Waals surface area contributed by atoms with Crippen molar-refractivity contribution in [3.8, 4) is 0 Å². The fourth-order valence-corrected chi connectivity index (χ4v) is 22.3. The number of carbonyl (C=O) groups is 8. The van der Waals surface area contributed by atoms with Crippen LogP contribution in [-0.2, 0) is 90.5 Å². The highest BCUT2D eigenvalue weighted by molar-refractivity contribution is 5.88. The predicted octanol–water partition coefficient (Wildman–Crippen LogP) is 23.3. The Balaban J connectivity index is 0.903. The van der Waals surface area contributed by atoms with Gasteiger partial charge in [-0.05, 0) is 278 Å². The van der Waals surface area contributed by atoms with Gasteiger partial charge in [0.1, 0.15) is 12.1 Å². The fourth-order valence-electron chi connectivity index (χ4n) is 22.3. The average Bonchev–Trinajstić information content (AvgIpc) is 0.835. The quantitative estimate of drug-likeness (QED) is 0.0207. The minimum atomic E-state index is -0.655. The molecule has 0 aromatic rings. The van der Waals surface area contributed by atoms with Crippen LogP contribution in [0.4, 0.5) is 0 Å². The first-order chi connectivity index (χ1) is 72.1. The van der Waals surface area contributed by atoms with Crippen molar-refractivity contribution in [1.82, 2.24) is 42.5 Å². The Morgan fingerprint density at radius 3 is 0.807 bits per heavy atom. The minimum Gasteiger partial charge on any atom is -0.379 e. The molecule has 27 nitrogen and oxygen atoms in total. The van der Waals surface area contributed by atoms with Gasteiger partial charge in [-0.1, -0.05) is 224 Å². The van der Waals surface area contributed by atoms with E-state index in [1.54, 1.807) is 44.6 Å². The lowest BCUT2D eigenvalue weighted by molar-refractivity contribution is -0.129. The molecule has 0 heterocycles. The third kappa shape index (κ3) is 68.1. The lowest BCUT2D eigenvalue weighted by Gasteiger charge is -2.35. The monoisotopic (exact) mass is 2120 g/mol. The Labute approximate surface area is 912 Å². The molecule has 0 fully saturated rings. The van der Waals surface area contributed by atoms with Crippen molar-refractivity contribution in [1.29, 1.82) is 0 Å². The van der Waals surface area contributed by atoms with Crippen LogP contribution >= 0.6 is 0 Å². The first-order valence-electron chi connectivity index (χ1n) is 60.4. The van der Waals surface area contributed by atoms with Crippen LogP contribution in [0, 0.1) is 51.2 Å². The van der Waals surface area contributed by atoms with E-state index in [4.69, 9.17) is 52.1 Å². The molecule has 0 spiro atoms. The largest absolute Gasteiger partial charge is 0.379 e. The lowest BCUT2D eigenvalue weighted by atomic mass is 9.70. The molecule has 150 heavy (non-hydrogen) atoms. The molecule has 8 amide bonds. The van der Waals surface area contributed by atoms with Crippen LogP contribution in [0.3, 0.4) is 0 Å². The summed E-state index contributed by atoms with van der Waals surface area (Å²) in [6, 6.07) is -1.30. The maximum atomic E-state index is 13.7. The van der Waals surface area contributed by atoms with Crippen molar-refractivity contribution in [3.05, 3.63) is 44.6 Å². The number of hydrogen-bond donors (Lipinski definition) is 8. The SMILES string of the molecule is CC1=C(CCCCCCCCC(=O)N[C@@H](CCCCNC(=O)CC(C)CCCC(C)CCC2=C(C)CCCC2(C)C)C(=O)NCCCOCCOCCOCCCNC(=O)CCOCCOCCOCCOCCOCCC(=O)NCCCOCCOCCOCCCNC(=O)[C@H](CCCCNC(=O)CC(C)CCCC(C)CCC2=C(C)CCCC2(C)C)NC(=O)CC(C)CCCCCCC2=C(C)CCCC2(C)C)C(C)(C)CCC1. The van der Waals surface area contributed by atoms with Gasteiger partial charge >= 0.3 is 0 Å². The van der Waals surface area contributed by atoms with E-state index in [-0.39, 0.29) is 79.2 Å². The number of amides is 8. The number of rotatable bonds is 96. The van der Waals surface area contributed by atoms with Crippen molar-refractivity contribution in [2.24, 2.45) is 51.2 Å². The summed E-state index contributed by atoms with van der Waals surface area (Å²) in [5, 5.41) is 24.3. The molecule has 0 bridgehead atoms. The summed E-state index contributed by atoms with van der Waals surface area (Å²) in [4.78, 5) is 105. The standard InChI is InChI=1S/C123H224N8O19/c1-97(56-58-108-104(8)49-36-64-122(108,14)15)43-32-45-100(4)94-115(135)126-66-30-28-53-110(130-114(134)55-27-21-19-18-20-25-51-106-102(6)47-34-62-120(106,10)11)118(138)128-70-40-74-142-80-86-146-84-78-140-72-38-68-124-112(132)60-76-144-82-88-148-90-92-150-93-91-149-89-83-145-77-61-113(133)125-69-39-73-141-79-85-147-87-81-143-75-41-71-129-119(139)111(131-117(137)96-99(3)42-24-22-23-26-52-107-103(7)48-35-63-121(107,12)13)54-29-31-67-127-116(136)95-101(5)46-33-44-98(2)57-59-109-105(9)50-37-65-123(109,16)17/h97-101,110-111H,18-96H2,1-17H3,(H,124,132)(H,125,133)(H,126,135)(H,127,136)(H,128,138)(H,129,139)(H,130,134)(H,131,137)/t97?,98?,99?,100?,101?,110-,111-/m0/s1. The van der Waals surface area contributed by atoms with E-state index >= 15 is 0 Å². The number of ether oxygens (including phenoxy) is 11. The number of carbonyl (C=O) groups excluding carboxylic acids is 8. The van der Waals surface area contributed by atoms with Crippen LogP contribution in [0.25, 0.3) is 0 Å². The molecule has 27 heteroatoms. The summed E-state index contributed by atoms with van der Waals surface area (Å²) in [6.45, 7) is 51.7. The average molecular weight is 2120 g/mol. The zero-order valence-electron chi connectivity index (χ0n) is 98.7. The van der Waals surface area contributed by atoms with Crippen LogP contribution in [0.15, 0.2) is 44.6 Å². The normalized spacial score (nSPS) is 17.0. The predicted molar refractivity (Wildman–Crippen MR) is 608 cm³/mol. The molecular formula is C123H224N8O19. The molecule has 4 rings (SSSR count). The second-order valence-electron chi connectivity index (χ2n) is 47.5.